The maximum atomic E-state index is 11.5. The Morgan fingerprint density at radius 1 is 1.79 bits per heavy atom. The van der Waals surface area contributed by atoms with Gasteiger partial charge >= 0.3 is 0 Å². The first kappa shape index (κ1) is 11.5. The minimum Gasteiger partial charge on any atom is -0.349 e. The van der Waals surface area contributed by atoms with Gasteiger partial charge in [0.1, 0.15) is 5.69 Å². The third kappa shape index (κ3) is 3.27. The van der Waals surface area contributed by atoms with E-state index in [1.165, 1.54) is 11.3 Å². The molecule has 0 bridgehead atoms. The van der Waals surface area contributed by atoms with Crippen molar-refractivity contribution in [2.75, 3.05) is 6.54 Å². The molecule has 0 radical (unpaired) electrons. The monoisotopic (exact) mass is 232 g/mol. The number of alkyl halides is 1. The Balaban J connectivity index is 2.43. The fraction of sp³-hybridized carbons (Fsp3) is 0.556. The number of nitrogens with zero attached hydrogens (tertiary/aromatic N) is 1. The van der Waals surface area contributed by atoms with Crippen LogP contribution in [0.25, 0.3) is 0 Å². The highest BCUT2D eigenvalue weighted by Crippen LogP contribution is 2.07. The molecule has 14 heavy (non-hydrogen) atoms. The van der Waals surface area contributed by atoms with E-state index in [0.29, 0.717) is 12.2 Å². The van der Waals surface area contributed by atoms with Crippen LogP contribution in [0.5, 0.6) is 0 Å². The van der Waals surface area contributed by atoms with Crippen LogP contribution < -0.4 is 5.32 Å². The second kappa shape index (κ2) is 5.32. The number of hydrogen-bond acceptors (Lipinski definition) is 3. The van der Waals surface area contributed by atoms with Crippen LogP contribution in [0.4, 0.5) is 0 Å². The number of carbonyl (C=O) groups excluding carboxylic acids is 1. The Labute approximate surface area is 92.5 Å². The first-order valence-corrected chi connectivity index (χ1v) is 5.79. The van der Waals surface area contributed by atoms with Gasteiger partial charge in [-0.1, -0.05) is 6.92 Å². The number of nitrogens with one attached hydrogen (secondary N) is 1. The third-order valence-corrected chi connectivity index (χ3v) is 3.02. The van der Waals surface area contributed by atoms with Gasteiger partial charge in [0.2, 0.25) is 0 Å². The quantitative estimate of drug-likeness (QED) is 0.809. The molecule has 1 rings (SSSR count). The lowest BCUT2D eigenvalue weighted by Crippen LogP contribution is -2.29. The van der Waals surface area contributed by atoms with Gasteiger partial charge in [-0.05, 0) is 13.3 Å². The largest absolute Gasteiger partial charge is 0.349 e. The number of rotatable bonds is 4. The number of aromatic nitrogens is 1. The average Bonchev–Trinajstić information content (AvgIpc) is 2.60. The van der Waals surface area contributed by atoms with Gasteiger partial charge in [-0.2, -0.15) is 0 Å². The lowest BCUT2D eigenvalue weighted by Gasteiger charge is -2.06. The van der Waals surface area contributed by atoms with E-state index in [0.717, 1.165) is 11.4 Å². The van der Waals surface area contributed by atoms with Gasteiger partial charge in [-0.3, -0.25) is 4.79 Å². The second-order valence-corrected chi connectivity index (χ2v) is 4.65. The summed E-state index contributed by atoms with van der Waals surface area (Å²) in [7, 11) is 0. The number of hydrogen-bond donors (Lipinski definition) is 1. The van der Waals surface area contributed by atoms with E-state index in [2.05, 4.69) is 10.3 Å². The van der Waals surface area contributed by atoms with E-state index in [1.54, 1.807) is 5.38 Å². The molecule has 1 atom stereocenters. The molecule has 78 valence electrons. The van der Waals surface area contributed by atoms with Crippen LogP contribution in [-0.2, 0) is 0 Å². The minimum atomic E-state index is -0.145. The zero-order chi connectivity index (χ0) is 10.6. The van der Waals surface area contributed by atoms with Crippen molar-refractivity contribution in [1.29, 1.82) is 0 Å². The fourth-order valence-electron chi connectivity index (χ4n) is 0.906. The third-order valence-electron chi connectivity index (χ3n) is 1.78. The summed E-state index contributed by atoms with van der Waals surface area (Å²) in [6.45, 7) is 4.35. The summed E-state index contributed by atoms with van der Waals surface area (Å²) in [5.41, 5.74) is 0.479. The molecule has 0 aromatic carbocycles. The number of carbonyl (C=O) groups is 1. The molecule has 0 spiro atoms. The maximum Gasteiger partial charge on any atom is 0.270 e. The van der Waals surface area contributed by atoms with Crippen molar-refractivity contribution in [2.45, 2.75) is 25.6 Å². The Morgan fingerprint density at radius 3 is 3.00 bits per heavy atom. The molecule has 0 aliphatic heterocycles. The van der Waals surface area contributed by atoms with Crippen molar-refractivity contribution >= 4 is 28.8 Å². The molecule has 5 heteroatoms. The van der Waals surface area contributed by atoms with E-state index in [4.69, 9.17) is 11.6 Å². The molecular formula is C9H13ClN2OS. The molecule has 1 N–H and O–H groups in total. The van der Waals surface area contributed by atoms with Crippen LogP contribution in [0.3, 0.4) is 0 Å². The van der Waals surface area contributed by atoms with Crippen LogP contribution in [0.2, 0.25) is 0 Å². The summed E-state index contributed by atoms with van der Waals surface area (Å²) in [6, 6.07) is 0. The predicted octanol–water partition coefficient (Wildman–Crippen LogP) is 2.20. The van der Waals surface area contributed by atoms with Gasteiger partial charge in [0, 0.05) is 11.9 Å². The summed E-state index contributed by atoms with van der Waals surface area (Å²) in [5.74, 6) is -0.145. The van der Waals surface area contributed by atoms with Crippen LogP contribution in [-0.4, -0.2) is 22.8 Å². The van der Waals surface area contributed by atoms with Crippen molar-refractivity contribution in [3.05, 3.63) is 16.1 Å². The molecule has 1 unspecified atom stereocenters. The Bertz CT molecular complexity index is 314. The predicted molar refractivity (Wildman–Crippen MR) is 59.1 cm³/mol. The summed E-state index contributed by atoms with van der Waals surface area (Å²) < 4.78 is 0. The van der Waals surface area contributed by atoms with E-state index < -0.39 is 0 Å². The van der Waals surface area contributed by atoms with E-state index in [1.807, 2.05) is 13.8 Å². The van der Waals surface area contributed by atoms with Crippen LogP contribution in [0.15, 0.2) is 5.38 Å². The highest BCUT2D eigenvalue weighted by atomic mass is 35.5. The van der Waals surface area contributed by atoms with Crippen molar-refractivity contribution < 1.29 is 4.79 Å². The highest BCUT2D eigenvalue weighted by Gasteiger charge is 2.10. The van der Waals surface area contributed by atoms with E-state index in [-0.39, 0.29) is 11.3 Å². The molecule has 1 aromatic heterocycles. The zero-order valence-corrected chi connectivity index (χ0v) is 9.78. The SMILES string of the molecule is CCC(Cl)CNC(=O)c1csc(C)n1. The topological polar surface area (TPSA) is 42.0 Å². The van der Waals surface area contributed by atoms with Crippen molar-refractivity contribution in [3.63, 3.8) is 0 Å². The Morgan fingerprint density at radius 2 is 2.50 bits per heavy atom. The minimum absolute atomic E-state index is 0.00122. The molecule has 0 saturated carbocycles. The summed E-state index contributed by atoms with van der Waals surface area (Å²) in [5, 5.41) is 5.38. The van der Waals surface area contributed by atoms with Crippen molar-refractivity contribution in [3.8, 4) is 0 Å². The lowest BCUT2D eigenvalue weighted by atomic mass is 10.3. The van der Waals surface area contributed by atoms with Gasteiger partial charge in [-0.25, -0.2) is 4.98 Å². The fourth-order valence-corrected chi connectivity index (χ4v) is 1.58. The summed E-state index contributed by atoms with van der Waals surface area (Å²) >= 11 is 7.34. The summed E-state index contributed by atoms with van der Waals surface area (Å²) in [6.07, 6.45) is 0.845. The smallest absolute Gasteiger partial charge is 0.270 e. The second-order valence-electron chi connectivity index (χ2n) is 2.97. The zero-order valence-electron chi connectivity index (χ0n) is 8.21. The maximum absolute atomic E-state index is 11.5. The van der Waals surface area contributed by atoms with Gasteiger partial charge in [-0.15, -0.1) is 22.9 Å². The van der Waals surface area contributed by atoms with Gasteiger partial charge in [0.15, 0.2) is 0 Å². The molecule has 1 heterocycles. The first-order valence-electron chi connectivity index (χ1n) is 4.48. The summed E-state index contributed by atoms with van der Waals surface area (Å²) in [4.78, 5) is 15.5. The molecule has 3 nitrogen and oxygen atoms in total. The number of aryl methyl sites for hydroxylation is 1. The van der Waals surface area contributed by atoms with Crippen LogP contribution in [0.1, 0.15) is 28.8 Å². The van der Waals surface area contributed by atoms with Crippen LogP contribution >= 0.6 is 22.9 Å². The first-order chi connectivity index (χ1) is 6.63. The van der Waals surface area contributed by atoms with E-state index in [9.17, 15) is 4.79 Å². The Hall–Kier alpha value is -0.610. The molecule has 0 fully saturated rings. The Kier molecular flexibility index (Phi) is 4.35. The van der Waals surface area contributed by atoms with Crippen molar-refractivity contribution in [1.82, 2.24) is 10.3 Å². The van der Waals surface area contributed by atoms with Crippen LogP contribution in [0, 0.1) is 6.92 Å². The number of thiazole rings is 1. The van der Waals surface area contributed by atoms with Gasteiger partial charge in [0.05, 0.1) is 10.4 Å². The highest BCUT2D eigenvalue weighted by molar-refractivity contribution is 7.09. The van der Waals surface area contributed by atoms with Crippen molar-refractivity contribution in [2.24, 2.45) is 0 Å². The molecule has 1 amide bonds. The normalized spacial score (nSPS) is 12.5. The van der Waals surface area contributed by atoms with E-state index >= 15 is 0 Å². The standard InChI is InChI=1S/C9H13ClN2OS/c1-3-7(10)4-11-9(13)8-5-14-6(2)12-8/h5,7H,3-4H2,1-2H3,(H,11,13). The molecular weight excluding hydrogens is 220 g/mol. The lowest BCUT2D eigenvalue weighted by molar-refractivity contribution is 0.0949. The number of halogens is 1. The molecule has 0 aliphatic rings. The number of amides is 1. The molecule has 0 aliphatic carbocycles. The average molecular weight is 233 g/mol. The van der Waals surface area contributed by atoms with Gasteiger partial charge in [0.25, 0.3) is 5.91 Å². The van der Waals surface area contributed by atoms with Gasteiger partial charge < -0.3 is 5.32 Å². The molecule has 1 aromatic rings. The molecule has 0 saturated heterocycles.